The smallest absolute Gasteiger partial charge is 0.338 e. The van der Waals surface area contributed by atoms with E-state index in [-0.39, 0.29) is 22.8 Å². The van der Waals surface area contributed by atoms with Gasteiger partial charge in [-0.15, -0.1) is 0 Å². The third kappa shape index (κ3) is 4.86. The number of esters is 1. The molecule has 152 valence electrons. The van der Waals surface area contributed by atoms with Crippen molar-refractivity contribution < 1.29 is 22.7 Å². The summed E-state index contributed by atoms with van der Waals surface area (Å²) in [5, 5.41) is 5.16. The van der Waals surface area contributed by atoms with E-state index in [0.29, 0.717) is 5.56 Å². The van der Waals surface area contributed by atoms with Crippen molar-refractivity contribution in [3.63, 3.8) is 0 Å². The Balaban J connectivity index is 2.11. The first-order chi connectivity index (χ1) is 13.8. The maximum absolute atomic E-state index is 12.9. The highest BCUT2D eigenvalue weighted by Gasteiger charge is 2.35. The van der Waals surface area contributed by atoms with Crippen LogP contribution in [0.5, 0.6) is 0 Å². The number of hydrogen-bond acceptors (Lipinski definition) is 5. The molecule has 1 heterocycles. The second-order valence-corrected chi connectivity index (χ2v) is 9.18. The summed E-state index contributed by atoms with van der Waals surface area (Å²) in [6, 6.07) is 13.5. The van der Waals surface area contributed by atoms with Crippen molar-refractivity contribution in [3.8, 4) is 0 Å². The Bertz CT molecular complexity index is 1070. The predicted octanol–water partition coefficient (Wildman–Crippen LogP) is 3.09. The molecule has 2 aromatic rings. The first-order valence-electron chi connectivity index (χ1n) is 8.82. The van der Waals surface area contributed by atoms with Crippen LogP contribution in [-0.4, -0.2) is 32.8 Å². The first kappa shape index (κ1) is 21.1. The van der Waals surface area contributed by atoms with Crippen molar-refractivity contribution in [1.82, 2.24) is 10.6 Å². The fourth-order valence-corrected chi connectivity index (χ4v) is 4.78. The number of carbonyl (C=O) groups is 2. The lowest BCUT2D eigenvalue weighted by molar-refractivity contribution is -0.139. The van der Waals surface area contributed by atoms with Gasteiger partial charge in [0.25, 0.3) is 0 Å². The molecule has 7 nitrogen and oxygen atoms in total. The number of rotatable bonds is 6. The fraction of sp³-hybridized carbons (Fsp3) is 0.200. The van der Waals surface area contributed by atoms with E-state index in [1.54, 1.807) is 49.4 Å². The van der Waals surface area contributed by atoms with Crippen molar-refractivity contribution in [2.24, 2.45) is 0 Å². The number of amides is 2. The van der Waals surface area contributed by atoms with Crippen LogP contribution in [0.4, 0.5) is 4.79 Å². The van der Waals surface area contributed by atoms with Crippen LogP contribution in [0.2, 0.25) is 0 Å². The van der Waals surface area contributed by atoms with Crippen LogP contribution in [0.1, 0.15) is 18.5 Å². The van der Waals surface area contributed by atoms with Crippen LogP contribution < -0.4 is 10.6 Å². The van der Waals surface area contributed by atoms with Gasteiger partial charge in [-0.1, -0.05) is 46.3 Å². The Labute approximate surface area is 177 Å². The molecule has 0 saturated carbocycles. The molecule has 1 aliphatic rings. The Morgan fingerprint density at radius 3 is 2.52 bits per heavy atom. The molecule has 2 amide bonds. The molecule has 1 unspecified atom stereocenters. The zero-order chi connectivity index (χ0) is 21.0. The van der Waals surface area contributed by atoms with E-state index in [1.807, 2.05) is 0 Å². The average molecular weight is 479 g/mol. The Morgan fingerprint density at radius 1 is 1.14 bits per heavy atom. The molecule has 1 atom stereocenters. The Morgan fingerprint density at radius 2 is 1.86 bits per heavy atom. The minimum atomic E-state index is -3.80. The molecule has 0 saturated heterocycles. The molecular weight excluding hydrogens is 460 g/mol. The molecule has 0 spiro atoms. The van der Waals surface area contributed by atoms with E-state index in [0.717, 1.165) is 4.47 Å². The molecule has 0 aliphatic carbocycles. The number of ether oxygens (including phenoxy) is 1. The number of sulfone groups is 1. The third-order valence-electron chi connectivity index (χ3n) is 4.27. The zero-order valence-electron chi connectivity index (χ0n) is 15.5. The third-order valence-corrected chi connectivity index (χ3v) is 6.42. The van der Waals surface area contributed by atoms with Gasteiger partial charge in [-0.3, -0.25) is 0 Å². The van der Waals surface area contributed by atoms with Gasteiger partial charge in [-0.2, -0.15) is 0 Å². The maximum atomic E-state index is 12.9. The summed E-state index contributed by atoms with van der Waals surface area (Å²) < 4.78 is 31.6. The highest BCUT2D eigenvalue weighted by Crippen LogP contribution is 2.30. The quantitative estimate of drug-likeness (QED) is 0.621. The molecule has 0 aromatic heterocycles. The molecule has 9 heteroatoms. The lowest BCUT2D eigenvalue weighted by Crippen LogP contribution is -2.47. The van der Waals surface area contributed by atoms with Gasteiger partial charge in [-0.25, -0.2) is 18.0 Å². The molecule has 0 radical (unpaired) electrons. The van der Waals surface area contributed by atoms with Gasteiger partial charge in [-0.05, 0) is 36.8 Å². The molecule has 2 N–H and O–H groups in total. The number of benzene rings is 2. The van der Waals surface area contributed by atoms with Gasteiger partial charge >= 0.3 is 12.0 Å². The highest BCUT2D eigenvalue weighted by molar-refractivity contribution is 9.10. The summed E-state index contributed by atoms with van der Waals surface area (Å²) in [5.74, 6) is -1.23. The van der Waals surface area contributed by atoms with Gasteiger partial charge in [0.15, 0.2) is 9.84 Å². The van der Waals surface area contributed by atoms with Crippen LogP contribution in [0.25, 0.3) is 0 Å². The number of hydrogen-bond donors (Lipinski definition) is 2. The van der Waals surface area contributed by atoms with Crippen LogP contribution in [0, 0.1) is 0 Å². The van der Waals surface area contributed by atoms with Crippen LogP contribution in [0.15, 0.2) is 75.2 Å². The van der Waals surface area contributed by atoms with E-state index in [4.69, 9.17) is 4.74 Å². The Hall–Kier alpha value is -2.65. The maximum Gasteiger partial charge on any atom is 0.338 e. The second-order valence-electron chi connectivity index (χ2n) is 6.27. The fourth-order valence-electron chi connectivity index (χ4n) is 3.02. The lowest BCUT2D eigenvalue weighted by Gasteiger charge is -2.29. The minimum Gasteiger partial charge on any atom is -0.463 e. The molecule has 1 aliphatic heterocycles. The van der Waals surface area contributed by atoms with Crippen molar-refractivity contribution in [3.05, 3.63) is 75.9 Å². The van der Waals surface area contributed by atoms with Crippen LogP contribution in [0.3, 0.4) is 0 Å². The van der Waals surface area contributed by atoms with Gasteiger partial charge in [0.05, 0.1) is 28.9 Å². The normalized spacial score (nSPS) is 16.8. The SMILES string of the molecule is CCOC(=O)C1=C(CS(=O)(=O)c2ccccc2)NC(=O)NC1c1cccc(Br)c1. The lowest BCUT2D eigenvalue weighted by atomic mass is 9.95. The van der Waals surface area contributed by atoms with Crippen LogP contribution >= 0.6 is 15.9 Å². The summed E-state index contributed by atoms with van der Waals surface area (Å²) in [7, 11) is -3.80. The number of nitrogens with one attached hydrogen (secondary N) is 2. The van der Waals surface area contributed by atoms with Crippen molar-refractivity contribution in [2.75, 3.05) is 12.4 Å². The van der Waals surface area contributed by atoms with Crippen LogP contribution in [-0.2, 0) is 19.4 Å². The van der Waals surface area contributed by atoms with Gasteiger partial charge < -0.3 is 15.4 Å². The summed E-state index contributed by atoms with van der Waals surface area (Å²) in [4.78, 5) is 25.1. The summed E-state index contributed by atoms with van der Waals surface area (Å²) >= 11 is 3.37. The molecule has 0 fully saturated rings. The monoisotopic (exact) mass is 478 g/mol. The van der Waals surface area contributed by atoms with E-state index < -0.39 is 33.6 Å². The van der Waals surface area contributed by atoms with E-state index in [9.17, 15) is 18.0 Å². The standard InChI is InChI=1S/C20H19BrN2O5S/c1-2-28-19(24)17-16(12-29(26,27)15-9-4-3-5-10-15)22-20(25)23-18(17)13-7-6-8-14(21)11-13/h3-11,18H,2,12H2,1H3,(H2,22,23,25). The van der Waals surface area contributed by atoms with Gasteiger partial charge in [0.1, 0.15) is 0 Å². The topological polar surface area (TPSA) is 102 Å². The van der Waals surface area contributed by atoms with E-state index in [2.05, 4.69) is 26.6 Å². The number of carbonyl (C=O) groups excluding carboxylic acids is 2. The zero-order valence-corrected chi connectivity index (χ0v) is 17.9. The molecular formula is C20H19BrN2O5S. The number of halogens is 1. The van der Waals surface area contributed by atoms with E-state index in [1.165, 1.54) is 12.1 Å². The molecule has 0 bridgehead atoms. The minimum absolute atomic E-state index is 0.000952. The Kier molecular flexibility index (Phi) is 6.39. The summed E-state index contributed by atoms with van der Waals surface area (Å²) in [5.41, 5.74) is 0.678. The average Bonchev–Trinajstić information content (AvgIpc) is 2.68. The number of urea groups is 1. The predicted molar refractivity (Wildman–Crippen MR) is 111 cm³/mol. The van der Waals surface area contributed by atoms with Crippen molar-refractivity contribution >= 4 is 37.8 Å². The molecule has 3 rings (SSSR count). The van der Waals surface area contributed by atoms with Crippen molar-refractivity contribution in [2.45, 2.75) is 17.9 Å². The molecule has 2 aromatic carbocycles. The molecule has 29 heavy (non-hydrogen) atoms. The van der Waals surface area contributed by atoms with E-state index >= 15 is 0 Å². The van der Waals surface area contributed by atoms with Gasteiger partial charge in [0, 0.05) is 10.2 Å². The summed E-state index contributed by atoms with van der Waals surface area (Å²) in [6.07, 6.45) is 0. The largest absolute Gasteiger partial charge is 0.463 e. The highest BCUT2D eigenvalue weighted by atomic mass is 79.9. The van der Waals surface area contributed by atoms with Gasteiger partial charge in [0.2, 0.25) is 0 Å². The second kappa shape index (κ2) is 8.79. The van der Waals surface area contributed by atoms with Crippen molar-refractivity contribution in [1.29, 1.82) is 0 Å². The summed E-state index contributed by atoms with van der Waals surface area (Å²) in [6.45, 7) is 1.77. The first-order valence-corrected chi connectivity index (χ1v) is 11.3.